The number of urea groups is 1. The van der Waals surface area contributed by atoms with E-state index in [0.29, 0.717) is 47.0 Å². The number of methoxy groups -OCH3 is 1. The molecule has 0 radical (unpaired) electrons. The van der Waals surface area contributed by atoms with Crippen LogP contribution in [0.25, 0.3) is 0 Å². The molecule has 3 amide bonds. The Morgan fingerprint density at radius 1 is 0.930 bits per heavy atom. The minimum Gasteiger partial charge on any atom is -0.497 e. The molecule has 3 aromatic rings. The smallest absolute Gasteiger partial charge is 0.323 e. The van der Waals surface area contributed by atoms with Crippen molar-refractivity contribution in [1.29, 1.82) is 0 Å². The molecular formula is C34H41N5O4. The summed E-state index contributed by atoms with van der Waals surface area (Å²) >= 11 is 0. The highest BCUT2D eigenvalue weighted by Crippen LogP contribution is 2.39. The maximum Gasteiger partial charge on any atom is 0.323 e. The number of piperidine rings is 1. The Kier molecular flexibility index (Phi) is 8.15. The first-order valence-corrected chi connectivity index (χ1v) is 15.4. The Balaban J connectivity index is 1.27. The number of hydrogen-bond donors (Lipinski definition) is 3. The van der Waals surface area contributed by atoms with Crippen molar-refractivity contribution in [2.45, 2.75) is 58.0 Å². The van der Waals surface area contributed by atoms with Crippen molar-refractivity contribution in [3.8, 4) is 5.75 Å². The Labute approximate surface area is 252 Å². The lowest BCUT2D eigenvalue weighted by molar-refractivity contribution is 0.0891. The largest absolute Gasteiger partial charge is 0.497 e. The molecular weight excluding hydrogens is 542 g/mol. The van der Waals surface area contributed by atoms with Gasteiger partial charge in [-0.1, -0.05) is 38.8 Å². The number of aromatic nitrogens is 1. The number of benzene rings is 2. The Morgan fingerprint density at radius 2 is 1.77 bits per heavy atom. The number of fused-ring (bicyclic) bond motifs is 4. The maximum atomic E-state index is 13.5. The SMILES string of the molecule is COc1cccc(NC(=O)Nc2cc(C(=O)N[C@@H]3CCC[C@H](C)[C@@H]3C)ccc2N2C[C@H]3C[C@@H](C2)c2cccc(=O)n2C3)c1. The van der Waals surface area contributed by atoms with E-state index in [2.05, 4.69) is 34.7 Å². The molecule has 43 heavy (non-hydrogen) atoms. The summed E-state index contributed by atoms with van der Waals surface area (Å²) in [4.78, 5) is 41.6. The van der Waals surface area contributed by atoms with E-state index < -0.39 is 6.03 Å². The van der Waals surface area contributed by atoms with Gasteiger partial charge in [-0.3, -0.25) is 9.59 Å². The van der Waals surface area contributed by atoms with Crippen molar-refractivity contribution in [1.82, 2.24) is 9.88 Å². The van der Waals surface area contributed by atoms with Gasteiger partial charge in [0.05, 0.1) is 18.5 Å². The monoisotopic (exact) mass is 583 g/mol. The van der Waals surface area contributed by atoms with E-state index in [0.717, 1.165) is 43.7 Å². The van der Waals surface area contributed by atoms with Gasteiger partial charge in [-0.05, 0) is 67.0 Å². The quantitative estimate of drug-likeness (QED) is 0.346. The lowest BCUT2D eigenvalue weighted by Crippen LogP contribution is -2.47. The number of hydrogen-bond acceptors (Lipinski definition) is 5. The molecule has 3 N–H and O–H groups in total. The zero-order valence-electron chi connectivity index (χ0n) is 25.1. The highest BCUT2D eigenvalue weighted by atomic mass is 16.5. The van der Waals surface area contributed by atoms with Crippen LogP contribution in [0.4, 0.5) is 21.9 Å². The van der Waals surface area contributed by atoms with Crippen molar-refractivity contribution >= 4 is 29.0 Å². The summed E-state index contributed by atoms with van der Waals surface area (Å²) in [6.45, 7) is 6.62. The highest BCUT2D eigenvalue weighted by molar-refractivity contribution is 6.04. The van der Waals surface area contributed by atoms with Gasteiger partial charge in [0.15, 0.2) is 0 Å². The summed E-state index contributed by atoms with van der Waals surface area (Å²) in [5.74, 6) is 2.00. The molecule has 1 aliphatic carbocycles. The number of carbonyl (C=O) groups excluding carboxylic acids is 2. The maximum absolute atomic E-state index is 13.5. The van der Waals surface area contributed by atoms with Gasteiger partial charge in [0, 0.05) is 60.7 Å². The van der Waals surface area contributed by atoms with E-state index >= 15 is 0 Å². The van der Waals surface area contributed by atoms with Gasteiger partial charge in [0.2, 0.25) is 0 Å². The van der Waals surface area contributed by atoms with Gasteiger partial charge in [-0.15, -0.1) is 0 Å². The van der Waals surface area contributed by atoms with Crippen molar-refractivity contribution in [2.24, 2.45) is 17.8 Å². The van der Waals surface area contributed by atoms with Crippen LogP contribution in [0.5, 0.6) is 5.75 Å². The van der Waals surface area contributed by atoms with Crippen LogP contribution in [0.15, 0.2) is 65.5 Å². The third-order valence-corrected chi connectivity index (χ3v) is 9.68. The fourth-order valence-corrected chi connectivity index (χ4v) is 7.17. The third kappa shape index (κ3) is 6.12. The second-order valence-corrected chi connectivity index (χ2v) is 12.5. The lowest BCUT2D eigenvalue weighted by atomic mass is 9.78. The van der Waals surface area contributed by atoms with Crippen molar-refractivity contribution in [3.05, 3.63) is 82.3 Å². The average molecular weight is 584 g/mol. The first-order valence-electron chi connectivity index (χ1n) is 15.4. The van der Waals surface area contributed by atoms with Crippen molar-refractivity contribution in [2.75, 3.05) is 35.7 Å². The molecule has 3 aliphatic rings. The summed E-state index contributed by atoms with van der Waals surface area (Å²) in [7, 11) is 1.58. The minimum atomic E-state index is -0.407. The third-order valence-electron chi connectivity index (χ3n) is 9.68. The number of nitrogens with zero attached hydrogens (tertiary/aromatic N) is 2. The number of ether oxygens (including phenoxy) is 1. The summed E-state index contributed by atoms with van der Waals surface area (Å²) in [6, 6.07) is 18.0. The number of rotatable bonds is 6. The van der Waals surface area contributed by atoms with E-state index in [4.69, 9.17) is 4.74 Å². The van der Waals surface area contributed by atoms with Crippen LogP contribution in [0.1, 0.15) is 61.5 Å². The van der Waals surface area contributed by atoms with Gasteiger partial charge < -0.3 is 30.2 Å². The van der Waals surface area contributed by atoms with E-state index in [1.807, 2.05) is 41.0 Å². The fraction of sp³-hybridized carbons (Fsp3) is 0.441. The normalized spacial score (nSPS) is 24.4. The van der Waals surface area contributed by atoms with Gasteiger partial charge in [-0.2, -0.15) is 0 Å². The summed E-state index contributed by atoms with van der Waals surface area (Å²) in [5, 5.41) is 9.20. The molecule has 0 spiro atoms. The van der Waals surface area contributed by atoms with Crippen LogP contribution in [0, 0.1) is 17.8 Å². The zero-order valence-corrected chi connectivity index (χ0v) is 25.1. The molecule has 1 aromatic heterocycles. The molecule has 2 bridgehead atoms. The molecule has 5 atom stereocenters. The molecule has 226 valence electrons. The van der Waals surface area contributed by atoms with E-state index in [1.165, 1.54) is 6.42 Å². The van der Waals surface area contributed by atoms with Gasteiger partial charge >= 0.3 is 6.03 Å². The van der Waals surface area contributed by atoms with Crippen LogP contribution >= 0.6 is 0 Å². The van der Waals surface area contributed by atoms with Crippen LogP contribution in [-0.4, -0.2) is 42.7 Å². The lowest BCUT2D eigenvalue weighted by Gasteiger charge is -2.44. The predicted octanol–water partition coefficient (Wildman–Crippen LogP) is 5.68. The predicted molar refractivity (Wildman–Crippen MR) is 169 cm³/mol. The molecule has 6 rings (SSSR count). The topological polar surface area (TPSA) is 105 Å². The number of anilines is 3. The van der Waals surface area contributed by atoms with Crippen LogP contribution < -0.4 is 31.1 Å². The van der Waals surface area contributed by atoms with Crippen molar-refractivity contribution < 1.29 is 14.3 Å². The molecule has 1 saturated heterocycles. The van der Waals surface area contributed by atoms with E-state index in [9.17, 15) is 14.4 Å². The highest BCUT2D eigenvalue weighted by Gasteiger charge is 2.35. The van der Waals surface area contributed by atoms with Gasteiger partial charge in [0.1, 0.15) is 5.75 Å². The second-order valence-electron chi connectivity index (χ2n) is 12.5. The van der Waals surface area contributed by atoms with Crippen LogP contribution in [-0.2, 0) is 6.54 Å². The number of amides is 3. The molecule has 2 aromatic carbocycles. The molecule has 9 heteroatoms. The second kappa shape index (κ2) is 12.1. The number of pyridine rings is 1. The molecule has 2 fully saturated rings. The summed E-state index contributed by atoms with van der Waals surface area (Å²) in [6.07, 6.45) is 4.30. The molecule has 2 aliphatic heterocycles. The fourth-order valence-electron chi connectivity index (χ4n) is 7.17. The molecule has 0 unspecified atom stereocenters. The summed E-state index contributed by atoms with van der Waals surface area (Å²) in [5.41, 5.74) is 3.66. The first-order chi connectivity index (χ1) is 20.8. The Hall–Kier alpha value is -4.27. The number of carbonyl (C=O) groups is 2. The minimum absolute atomic E-state index is 0.0502. The van der Waals surface area contributed by atoms with Crippen LogP contribution in [0.3, 0.4) is 0 Å². The van der Waals surface area contributed by atoms with Gasteiger partial charge in [0.25, 0.3) is 11.5 Å². The first kappa shape index (κ1) is 28.8. The zero-order chi connectivity index (χ0) is 30.1. The Bertz CT molecular complexity index is 1570. The molecule has 3 heterocycles. The van der Waals surface area contributed by atoms with Crippen molar-refractivity contribution in [3.63, 3.8) is 0 Å². The standard InChI is InChI=1S/C34H41N5O4/c1-21-7-4-10-28(22(21)2)36-33(41)24-13-14-31(29(16-24)37-34(42)35-26-8-5-9-27(17-26)43-3)38-18-23-15-25(20-38)30-11-6-12-32(40)39(30)19-23/h5-6,8-9,11-14,16-17,21-23,25,28H,4,7,10,15,18-20H2,1-3H3,(H,36,41)(H2,35,37,42)/t21-,22-,23+,25-,28+/m0/s1. The van der Waals surface area contributed by atoms with Gasteiger partial charge in [-0.25, -0.2) is 4.79 Å². The average Bonchev–Trinajstić information content (AvgIpc) is 3.00. The Morgan fingerprint density at radius 3 is 2.60 bits per heavy atom. The molecule has 1 saturated carbocycles. The van der Waals surface area contributed by atoms with Crippen LogP contribution in [0.2, 0.25) is 0 Å². The van der Waals surface area contributed by atoms with E-state index in [-0.39, 0.29) is 23.4 Å². The summed E-state index contributed by atoms with van der Waals surface area (Å²) < 4.78 is 7.21. The van der Waals surface area contributed by atoms with E-state index in [1.54, 1.807) is 31.4 Å². The number of nitrogens with one attached hydrogen (secondary N) is 3. The molecule has 9 nitrogen and oxygen atoms in total.